The van der Waals surface area contributed by atoms with Crippen LogP contribution in [-0.4, -0.2) is 43.8 Å². The molecule has 1 aliphatic heterocycles. The topological polar surface area (TPSA) is 173 Å². The van der Waals surface area contributed by atoms with Crippen LogP contribution >= 0.6 is 0 Å². The molecule has 11 heteroatoms. The summed E-state index contributed by atoms with van der Waals surface area (Å²) in [5, 5.41) is 11.6. The summed E-state index contributed by atoms with van der Waals surface area (Å²) in [5.41, 5.74) is 6.74. The number of amides is 3. The van der Waals surface area contributed by atoms with Crippen molar-refractivity contribution in [2.45, 2.75) is 25.3 Å². The number of nitrogens with zero attached hydrogens (tertiary/aromatic N) is 5. The highest BCUT2D eigenvalue weighted by Gasteiger charge is 2.35. The lowest BCUT2D eigenvalue weighted by Gasteiger charge is -2.23. The standard InChI is InChI=1S/C23H22N8O3/c24-11-10-18(32)30-13-3-4-16(30)22-29-19(20(21(25)33)31(22)26)14-6-8-15(9-7-14)23(34)28-17-5-1-2-12-27-17/h1-2,5-9,12,16H,3-4,10,13,26H2,(H2,25,33)(H,27,28,34)/t16-/m0/s1. The SMILES string of the molecule is N#CCC(=O)N1CCC[C@H]1c1nc(-c2ccc(C(=O)Nc3ccccn3)cc2)c(C(N)=O)n1N. The largest absolute Gasteiger partial charge is 0.364 e. The second-order valence-electron chi connectivity index (χ2n) is 7.73. The molecule has 3 heterocycles. The lowest BCUT2D eigenvalue weighted by molar-refractivity contribution is -0.131. The molecular formula is C23H22N8O3. The van der Waals surface area contributed by atoms with Crippen molar-refractivity contribution in [1.82, 2.24) is 19.5 Å². The van der Waals surface area contributed by atoms with Gasteiger partial charge < -0.3 is 21.8 Å². The van der Waals surface area contributed by atoms with Crippen LogP contribution in [0.15, 0.2) is 48.7 Å². The summed E-state index contributed by atoms with van der Waals surface area (Å²) in [6.45, 7) is 0.472. The van der Waals surface area contributed by atoms with E-state index in [-0.39, 0.29) is 29.6 Å². The maximum atomic E-state index is 12.5. The number of likely N-dealkylation sites (tertiary alicyclic amines) is 1. The Labute approximate surface area is 195 Å². The molecule has 0 radical (unpaired) electrons. The first-order valence-corrected chi connectivity index (χ1v) is 10.6. The first kappa shape index (κ1) is 22.5. The third-order valence-corrected chi connectivity index (χ3v) is 5.60. The Bertz CT molecular complexity index is 1280. The minimum absolute atomic E-state index is 0.0136. The van der Waals surface area contributed by atoms with Crippen LogP contribution in [0.1, 0.15) is 52.0 Å². The molecule has 0 bridgehead atoms. The van der Waals surface area contributed by atoms with Crippen molar-refractivity contribution in [3.63, 3.8) is 0 Å². The molecule has 1 fully saturated rings. The summed E-state index contributed by atoms with van der Waals surface area (Å²) in [6.07, 6.45) is 2.63. The van der Waals surface area contributed by atoms with Gasteiger partial charge in [-0.05, 0) is 37.1 Å². The van der Waals surface area contributed by atoms with Crippen LogP contribution in [0.25, 0.3) is 11.3 Å². The second-order valence-corrected chi connectivity index (χ2v) is 7.73. The number of nitrogens with one attached hydrogen (secondary N) is 1. The molecule has 11 nitrogen and oxygen atoms in total. The van der Waals surface area contributed by atoms with Gasteiger partial charge in [-0.1, -0.05) is 18.2 Å². The van der Waals surface area contributed by atoms with Gasteiger partial charge in [0.1, 0.15) is 17.9 Å². The molecule has 0 aliphatic carbocycles. The number of imidazole rings is 1. The molecule has 0 spiro atoms. The fraction of sp³-hybridized carbons (Fsp3) is 0.217. The van der Waals surface area contributed by atoms with Crippen molar-refractivity contribution in [1.29, 1.82) is 5.26 Å². The molecule has 1 aliphatic rings. The number of pyridine rings is 1. The van der Waals surface area contributed by atoms with E-state index in [0.717, 1.165) is 11.1 Å². The molecular weight excluding hydrogens is 436 g/mol. The van der Waals surface area contributed by atoms with Crippen LogP contribution in [0.2, 0.25) is 0 Å². The van der Waals surface area contributed by atoms with Gasteiger partial charge in [0.2, 0.25) is 5.91 Å². The van der Waals surface area contributed by atoms with E-state index in [0.29, 0.717) is 35.7 Å². The highest BCUT2D eigenvalue weighted by Crippen LogP contribution is 2.34. The zero-order valence-corrected chi connectivity index (χ0v) is 18.1. The number of primary amides is 1. The summed E-state index contributed by atoms with van der Waals surface area (Å²) < 4.78 is 1.11. The number of aromatic nitrogens is 3. The van der Waals surface area contributed by atoms with Gasteiger partial charge in [-0.25, -0.2) is 14.6 Å². The summed E-state index contributed by atoms with van der Waals surface area (Å²) in [7, 11) is 0. The van der Waals surface area contributed by atoms with Crippen molar-refractivity contribution >= 4 is 23.5 Å². The van der Waals surface area contributed by atoms with Gasteiger partial charge in [-0.3, -0.25) is 14.4 Å². The van der Waals surface area contributed by atoms with E-state index in [1.807, 2.05) is 6.07 Å². The lowest BCUT2D eigenvalue weighted by Crippen LogP contribution is -2.33. The Balaban J connectivity index is 1.64. The van der Waals surface area contributed by atoms with Gasteiger partial charge in [0, 0.05) is 23.9 Å². The highest BCUT2D eigenvalue weighted by molar-refractivity contribution is 6.04. The van der Waals surface area contributed by atoms with E-state index in [9.17, 15) is 14.4 Å². The number of hydrogen-bond acceptors (Lipinski definition) is 7. The Morgan fingerprint density at radius 2 is 1.94 bits per heavy atom. The van der Waals surface area contributed by atoms with Crippen LogP contribution in [0.3, 0.4) is 0 Å². The van der Waals surface area contributed by atoms with Crippen LogP contribution in [0.4, 0.5) is 5.82 Å². The summed E-state index contributed by atoms with van der Waals surface area (Å²) in [6, 6.07) is 13.0. The zero-order chi connectivity index (χ0) is 24.2. The molecule has 3 aromatic rings. The van der Waals surface area contributed by atoms with E-state index >= 15 is 0 Å². The molecule has 34 heavy (non-hydrogen) atoms. The number of rotatable bonds is 6. The van der Waals surface area contributed by atoms with Crippen LogP contribution < -0.4 is 16.9 Å². The number of benzene rings is 1. The fourth-order valence-corrected chi connectivity index (χ4v) is 4.03. The maximum Gasteiger partial charge on any atom is 0.269 e. The lowest BCUT2D eigenvalue weighted by atomic mass is 10.1. The van der Waals surface area contributed by atoms with Crippen LogP contribution in [-0.2, 0) is 4.79 Å². The number of carbonyl (C=O) groups excluding carboxylic acids is 3. The average molecular weight is 458 g/mol. The predicted molar refractivity (Wildman–Crippen MR) is 122 cm³/mol. The normalized spacial score (nSPS) is 15.0. The molecule has 5 N–H and O–H groups in total. The van der Waals surface area contributed by atoms with Gasteiger partial charge in [0.25, 0.3) is 11.8 Å². The van der Waals surface area contributed by atoms with Crippen molar-refractivity contribution in [2.24, 2.45) is 5.73 Å². The average Bonchev–Trinajstić information content (AvgIpc) is 3.44. The smallest absolute Gasteiger partial charge is 0.269 e. The van der Waals surface area contributed by atoms with Gasteiger partial charge in [-0.2, -0.15) is 5.26 Å². The minimum Gasteiger partial charge on any atom is -0.364 e. The van der Waals surface area contributed by atoms with Gasteiger partial charge >= 0.3 is 0 Å². The predicted octanol–water partition coefficient (Wildman–Crippen LogP) is 1.59. The molecule has 1 atom stereocenters. The summed E-state index contributed by atoms with van der Waals surface area (Å²) in [5.74, 6) is 5.49. The molecule has 0 saturated carbocycles. The van der Waals surface area contributed by atoms with E-state index < -0.39 is 11.9 Å². The number of nitrogens with two attached hydrogens (primary N) is 2. The number of nitriles is 1. The van der Waals surface area contributed by atoms with Crippen molar-refractivity contribution < 1.29 is 14.4 Å². The molecule has 0 unspecified atom stereocenters. The number of anilines is 1. The second kappa shape index (κ2) is 9.41. The van der Waals surface area contributed by atoms with Crippen molar-refractivity contribution in [3.8, 4) is 17.3 Å². The number of hydrogen-bond donors (Lipinski definition) is 3. The molecule has 3 amide bonds. The Morgan fingerprint density at radius 1 is 1.18 bits per heavy atom. The molecule has 172 valence electrons. The first-order chi connectivity index (χ1) is 16.4. The Kier molecular flexibility index (Phi) is 6.22. The molecule has 1 aromatic carbocycles. The highest BCUT2D eigenvalue weighted by atomic mass is 16.2. The molecule has 2 aromatic heterocycles. The molecule has 1 saturated heterocycles. The van der Waals surface area contributed by atoms with Gasteiger partial charge in [0.15, 0.2) is 11.5 Å². The van der Waals surface area contributed by atoms with E-state index in [1.54, 1.807) is 53.6 Å². The zero-order valence-electron chi connectivity index (χ0n) is 18.1. The third-order valence-electron chi connectivity index (χ3n) is 5.60. The quantitative estimate of drug-likeness (QED) is 0.470. The number of nitrogen functional groups attached to an aromatic ring is 1. The van der Waals surface area contributed by atoms with Crippen LogP contribution in [0, 0.1) is 11.3 Å². The van der Waals surface area contributed by atoms with E-state index in [2.05, 4.69) is 15.3 Å². The van der Waals surface area contributed by atoms with E-state index in [4.69, 9.17) is 16.8 Å². The summed E-state index contributed by atoms with van der Waals surface area (Å²) >= 11 is 0. The first-order valence-electron chi connectivity index (χ1n) is 10.6. The van der Waals surface area contributed by atoms with Crippen molar-refractivity contribution in [2.75, 3.05) is 17.7 Å². The van der Waals surface area contributed by atoms with Crippen LogP contribution in [0.5, 0.6) is 0 Å². The minimum atomic E-state index is -0.777. The third kappa shape index (κ3) is 4.29. The maximum absolute atomic E-state index is 12.5. The van der Waals surface area contributed by atoms with Crippen molar-refractivity contribution in [3.05, 3.63) is 65.7 Å². The summed E-state index contributed by atoms with van der Waals surface area (Å²) in [4.78, 5) is 47.3. The van der Waals surface area contributed by atoms with Gasteiger partial charge in [0.05, 0.1) is 12.1 Å². The molecule has 4 rings (SSSR count). The number of carbonyl (C=O) groups is 3. The van der Waals surface area contributed by atoms with E-state index in [1.165, 1.54) is 0 Å². The fourth-order valence-electron chi connectivity index (χ4n) is 4.03. The van der Waals surface area contributed by atoms with Gasteiger partial charge in [-0.15, -0.1) is 0 Å². The Hall–Kier alpha value is -4.72. The Morgan fingerprint density at radius 3 is 2.59 bits per heavy atom. The monoisotopic (exact) mass is 458 g/mol.